The van der Waals surface area contributed by atoms with Crippen molar-refractivity contribution in [3.05, 3.63) is 108 Å². The lowest BCUT2D eigenvalue weighted by Crippen LogP contribution is -2.53. The summed E-state index contributed by atoms with van der Waals surface area (Å²) in [6.07, 6.45) is 2.96. The Kier molecular flexibility index (Phi) is 7.58. The second-order valence-electron chi connectivity index (χ2n) is 9.29. The highest BCUT2D eigenvalue weighted by Gasteiger charge is 2.28. The van der Waals surface area contributed by atoms with Crippen LogP contribution in [0.1, 0.15) is 16.7 Å². The Hall–Kier alpha value is -5.05. The van der Waals surface area contributed by atoms with E-state index in [0.29, 0.717) is 0 Å². The molecule has 9 nitrogen and oxygen atoms in total. The van der Waals surface area contributed by atoms with E-state index < -0.39 is 30.1 Å². The van der Waals surface area contributed by atoms with Crippen molar-refractivity contribution in [1.82, 2.24) is 20.6 Å². The maximum Gasteiger partial charge on any atom is 0.408 e. The van der Waals surface area contributed by atoms with Crippen LogP contribution in [-0.2, 0) is 33.8 Å². The molecule has 0 bridgehead atoms. The number of hydrogen-bond acceptors (Lipinski definition) is 4. The minimum absolute atomic E-state index is 0.0341. The first kappa shape index (κ1) is 25.6. The van der Waals surface area contributed by atoms with Gasteiger partial charge in [0.25, 0.3) is 0 Å². The molecule has 0 fully saturated rings. The molecule has 0 aliphatic rings. The third-order valence-corrected chi connectivity index (χ3v) is 6.63. The summed E-state index contributed by atoms with van der Waals surface area (Å²) >= 11 is 0. The fourth-order valence-corrected chi connectivity index (χ4v) is 4.63. The first-order valence-corrected chi connectivity index (χ1v) is 12.6. The molecule has 0 aliphatic carbocycles. The standard InChI is InChI=1S/C30H28N4O5/c35-28(33-27(29(36)37)15-21-17-32-25-13-7-5-11-23(21)25)26(14-20-16-31-24-12-6-4-10-22(20)24)34-30(38)39-18-19-8-2-1-3-9-19/h1-13,16-17,26-27,31-32H,14-15,18H2,(H,33,35)(H,34,38)(H,36,37). The number of rotatable bonds is 10. The van der Waals surface area contributed by atoms with Crippen molar-refractivity contribution < 1.29 is 24.2 Å². The monoisotopic (exact) mass is 524 g/mol. The largest absolute Gasteiger partial charge is 0.480 e. The Labute approximate surface area is 224 Å². The van der Waals surface area contributed by atoms with Crippen molar-refractivity contribution in [3.8, 4) is 0 Å². The van der Waals surface area contributed by atoms with E-state index in [1.54, 1.807) is 12.4 Å². The molecule has 0 saturated carbocycles. The summed E-state index contributed by atoms with van der Waals surface area (Å²) in [5, 5.41) is 17.0. The van der Waals surface area contributed by atoms with Crippen LogP contribution < -0.4 is 10.6 Å². The van der Waals surface area contributed by atoms with Gasteiger partial charge < -0.3 is 30.4 Å². The van der Waals surface area contributed by atoms with Gasteiger partial charge in [0.2, 0.25) is 5.91 Å². The van der Waals surface area contributed by atoms with Gasteiger partial charge in [-0.3, -0.25) is 4.79 Å². The molecule has 0 spiro atoms. The zero-order chi connectivity index (χ0) is 27.2. The van der Waals surface area contributed by atoms with Crippen molar-refractivity contribution in [1.29, 1.82) is 0 Å². The summed E-state index contributed by atoms with van der Waals surface area (Å²) in [5.41, 5.74) is 4.14. The smallest absolute Gasteiger partial charge is 0.408 e. The molecule has 2 heterocycles. The molecular weight excluding hydrogens is 496 g/mol. The van der Waals surface area contributed by atoms with E-state index in [2.05, 4.69) is 20.6 Å². The Morgan fingerprint density at radius 2 is 1.26 bits per heavy atom. The lowest BCUT2D eigenvalue weighted by atomic mass is 10.0. The summed E-state index contributed by atoms with van der Waals surface area (Å²) in [6, 6.07) is 22.1. The Balaban J connectivity index is 1.34. The number of benzene rings is 3. The van der Waals surface area contributed by atoms with E-state index in [1.165, 1.54) is 0 Å². The fourth-order valence-electron chi connectivity index (χ4n) is 4.63. The number of amides is 2. The molecule has 9 heteroatoms. The second kappa shape index (κ2) is 11.6. The molecule has 2 amide bonds. The van der Waals surface area contributed by atoms with Gasteiger partial charge in [0.05, 0.1) is 0 Å². The topological polar surface area (TPSA) is 136 Å². The van der Waals surface area contributed by atoms with Crippen LogP contribution >= 0.6 is 0 Å². The third kappa shape index (κ3) is 6.10. The van der Waals surface area contributed by atoms with Crippen LogP contribution in [0.15, 0.2) is 91.3 Å². The average Bonchev–Trinajstić information content (AvgIpc) is 3.56. The highest BCUT2D eigenvalue weighted by atomic mass is 16.5. The molecule has 0 saturated heterocycles. The number of carbonyl (C=O) groups is 3. The molecule has 2 unspecified atom stereocenters. The van der Waals surface area contributed by atoms with Crippen LogP contribution in [0.5, 0.6) is 0 Å². The zero-order valence-electron chi connectivity index (χ0n) is 21.0. The van der Waals surface area contributed by atoms with Crippen LogP contribution in [-0.4, -0.2) is 45.1 Å². The fraction of sp³-hybridized carbons (Fsp3) is 0.167. The summed E-state index contributed by atoms with van der Waals surface area (Å²) in [4.78, 5) is 44.6. The van der Waals surface area contributed by atoms with Crippen molar-refractivity contribution in [2.75, 3.05) is 0 Å². The molecule has 3 aromatic carbocycles. The normalized spacial score (nSPS) is 12.6. The number of ether oxygens (including phenoxy) is 1. The summed E-state index contributed by atoms with van der Waals surface area (Å²) in [5.74, 6) is -1.80. The minimum atomic E-state index is -1.20. The number of aromatic amines is 2. The van der Waals surface area contributed by atoms with Gasteiger partial charge in [-0.2, -0.15) is 0 Å². The van der Waals surface area contributed by atoms with Gasteiger partial charge in [0.15, 0.2) is 0 Å². The molecule has 5 aromatic rings. The van der Waals surface area contributed by atoms with Gasteiger partial charge in [-0.1, -0.05) is 66.7 Å². The summed E-state index contributed by atoms with van der Waals surface area (Å²) in [6.45, 7) is 0.0341. The van der Waals surface area contributed by atoms with Gasteiger partial charge >= 0.3 is 12.1 Å². The number of fused-ring (bicyclic) bond motifs is 2. The molecule has 198 valence electrons. The van der Waals surface area contributed by atoms with Gasteiger partial charge in [-0.25, -0.2) is 9.59 Å². The highest BCUT2D eigenvalue weighted by Crippen LogP contribution is 2.21. The van der Waals surface area contributed by atoms with Crippen molar-refractivity contribution in [2.45, 2.75) is 31.5 Å². The van der Waals surface area contributed by atoms with E-state index in [4.69, 9.17) is 4.74 Å². The Morgan fingerprint density at radius 1 is 0.718 bits per heavy atom. The highest BCUT2D eigenvalue weighted by molar-refractivity contribution is 5.91. The molecular formula is C30H28N4O5. The molecule has 5 N–H and O–H groups in total. The molecule has 0 radical (unpaired) electrons. The van der Waals surface area contributed by atoms with Crippen molar-refractivity contribution >= 4 is 39.8 Å². The Bertz CT molecular complexity index is 1610. The lowest BCUT2D eigenvalue weighted by molar-refractivity contribution is -0.142. The Morgan fingerprint density at radius 3 is 1.85 bits per heavy atom. The van der Waals surface area contributed by atoms with Gasteiger partial charge in [0, 0.05) is 47.0 Å². The van der Waals surface area contributed by atoms with Crippen LogP contribution in [0.4, 0.5) is 4.79 Å². The van der Waals surface area contributed by atoms with E-state index in [-0.39, 0.29) is 19.4 Å². The zero-order valence-corrected chi connectivity index (χ0v) is 21.0. The predicted octanol–water partition coefficient (Wildman–Crippen LogP) is 4.30. The average molecular weight is 525 g/mol. The van der Waals surface area contributed by atoms with E-state index in [0.717, 1.165) is 38.5 Å². The second-order valence-corrected chi connectivity index (χ2v) is 9.29. The number of carboxylic acid groups (broad SMARTS) is 1. The molecule has 5 rings (SSSR count). The van der Waals surface area contributed by atoms with Crippen LogP contribution in [0.25, 0.3) is 21.8 Å². The number of alkyl carbamates (subject to hydrolysis) is 1. The van der Waals surface area contributed by atoms with Crippen molar-refractivity contribution in [2.24, 2.45) is 0 Å². The summed E-state index contributed by atoms with van der Waals surface area (Å²) in [7, 11) is 0. The van der Waals surface area contributed by atoms with E-state index in [9.17, 15) is 19.5 Å². The summed E-state index contributed by atoms with van der Waals surface area (Å²) < 4.78 is 5.34. The van der Waals surface area contributed by atoms with Crippen molar-refractivity contribution in [3.63, 3.8) is 0 Å². The minimum Gasteiger partial charge on any atom is -0.480 e. The molecule has 2 aromatic heterocycles. The first-order chi connectivity index (χ1) is 19.0. The number of aromatic nitrogens is 2. The van der Waals surface area contributed by atoms with E-state index in [1.807, 2.05) is 78.9 Å². The maximum absolute atomic E-state index is 13.5. The molecule has 2 atom stereocenters. The molecule has 39 heavy (non-hydrogen) atoms. The maximum atomic E-state index is 13.5. The number of hydrogen-bond donors (Lipinski definition) is 5. The van der Waals surface area contributed by atoms with Crippen LogP contribution in [0, 0.1) is 0 Å². The number of nitrogens with one attached hydrogen (secondary N) is 4. The number of H-pyrrole nitrogens is 2. The molecule has 0 aliphatic heterocycles. The van der Waals surface area contributed by atoms with Crippen LogP contribution in [0.2, 0.25) is 0 Å². The number of carboxylic acids is 1. The predicted molar refractivity (Wildman–Crippen MR) is 147 cm³/mol. The van der Waals surface area contributed by atoms with Gasteiger partial charge in [-0.05, 0) is 28.8 Å². The van der Waals surface area contributed by atoms with E-state index >= 15 is 0 Å². The quantitative estimate of drug-likeness (QED) is 0.186. The van der Waals surface area contributed by atoms with Gasteiger partial charge in [0.1, 0.15) is 18.7 Å². The number of para-hydroxylation sites is 2. The number of carbonyl (C=O) groups excluding carboxylic acids is 2. The lowest BCUT2D eigenvalue weighted by Gasteiger charge is -2.21. The van der Waals surface area contributed by atoms with Gasteiger partial charge in [-0.15, -0.1) is 0 Å². The number of aliphatic carboxylic acids is 1. The van der Waals surface area contributed by atoms with Crippen LogP contribution in [0.3, 0.4) is 0 Å². The SMILES string of the molecule is O=C(NC(Cc1c[nH]c2ccccc12)C(=O)NC(Cc1c[nH]c2ccccc12)C(=O)O)OCc1ccccc1. The third-order valence-electron chi connectivity index (χ3n) is 6.63. The first-order valence-electron chi connectivity index (χ1n) is 12.6.